The number of hydrogen-bond acceptors (Lipinski definition) is 3. The number of benzene rings is 1. The van der Waals surface area contributed by atoms with Crippen LogP contribution in [0.1, 0.15) is 18.1 Å². The van der Waals surface area contributed by atoms with E-state index in [0.29, 0.717) is 19.5 Å². The number of amides is 2. The van der Waals surface area contributed by atoms with Crippen molar-refractivity contribution in [3.63, 3.8) is 0 Å². The van der Waals surface area contributed by atoms with Crippen LogP contribution in [0.2, 0.25) is 0 Å². The van der Waals surface area contributed by atoms with Gasteiger partial charge in [-0.05, 0) is 12.5 Å². The highest BCUT2D eigenvalue weighted by Gasteiger charge is 2.35. The Balaban J connectivity index is 1.98. The highest BCUT2D eigenvalue weighted by molar-refractivity contribution is 5.79. The van der Waals surface area contributed by atoms with Gasteiger partial charge in [0.25, 0.3) is 0 Å². The minimum atomic E-state index is -0.158. The van der Waals surface area contributed by atoms with E-state index in [4.69, 9.17) is 0 Å². The van der Waals surface area contributed by atoms with Crippen molar-refractivity contribution >= 4 is 11.8 Å². The smallest absolute Gasteiger partial charge is 0.227 e. The SMILES string of the molecule is CC(=O)N[C@@H]1CN(C(=O)Cc2cccc(C)c2)C[C@H]1CO. The van der Waals surface area contributed by atoms with Gasteiger partial charge in [0.1, 0.15) is 0 Å². The second kappa shape index (κ2) is 6.72. The highest BCUT2D eigenvalue weighted by atomic mass is 16.3. The Bertz CT molecular complexity index is 530. The summed E-state index contributed by atoms with van der Waals surface area (Å²) < 4.78 is 0. The predicted octanol–water partition coefficient (Wildman–Crippen LogP) is 0.493. The van der Waals surface area contributed by atoms with Gasteiger partial charge >= 0.3 is 0 Å². The van der Waals surface area contributed by atoms with Crippen LogP contribution < -0.4 is 5.32 Å². The van der Waals surface area contributed by atoms with E-state index in [-0.39, 0.29) is 30.4 Å². The van der Waals surface area contributed by atoms with Crippen LogP contribution >= 0.6 is 0 Å². The molecule has 1 aliphatic heterocycles. The van der Waals surface area contributed by atoms with Crippen LogP contribution in [0.3, 0.4) is 0 Å². The Hall–Kier alpha value is -1.88. The molecule has 0 spiro atoms. The van der Waals surface area contributed by atoms with Crippen molar-refractivity contribution in [2.45, 2.75) is 26.3 Å². The first kappa shape index (κ1) is 15.5. The van der Waals surface area contributed by atoms with Crippen molar-refractivity contribution < 1.29 is 14.7 Å². The molecule has 0 radical (unpaired) electrons. The van der Waals surface area contributed by atoms with Gasteiger partial charge in [-0.15, -0.1) is 0 Å². The average molecular weight is 290 g/mol. The molecule has 0 aromatic heterocycles. The fourth-order valence-corrected chi connectivity index (χ4v) is 2.79. The molecule has 2 N–H and O–H groups in total. The molecule has 0 saturated carbocycles. The topological polar surface area (TPSA) is 69.6 Å². The Morgan fingerprint density at radius 2 is 2.14 bits per heavy atom. The first-order valence-electron chi connectivity index (χ1n) is 7.21. The number of likely N-dealkylation sites (tertiary alicyclic amines) is 1. The van der Waals surface area contributed by atoms with Crippen LogP contribution in [-0.4, -0.2) is 47.6 Å². The number of aryl methyl sites for hydroxylation is 1. The molecule has 1 heterocycles. The van der Waals surface area contributed by atoms with Gasteiger partial charge in [-0.25, -0.2) is 0 Å². The first-order chi connectivity index (χ1) is 9.99. The second-order valence-electron chi connectivity index (χ2n) is 5.71. The van der Waals surface area contributed by atoms with Crippen LogP contribution in [0.5, 0.6) is 0 Å². The summed E-state index contributed by atoms with van der Waals surface area (Å²) in [5, 5.41) is 12.2. The quantitative estimate of drug-likeness (QED) is 0.848. The molecule has 0 unspecified atom stereocenters. The lowest BCUT2D eigenvalue weighted by molar-refractivity contribution is -0.130. The number of nitrogens with one attached hydrogen (secondary N) is 1. The van der Waals surface area contributed by atoms with E-state index in [0.717, 1.165) is 11.1 Å². The summed E-state index contributed by atoms with van der Waals surface area (Å²) in [6, 6.07) is 7.73. The largest absolute Gasteiger partial charge is 0.396 e. The fraction of sp³-hybridized carbons (Fsp3) is 0.500. The summed E-state index contributed by atoms with van der Waals surface area (Å²) >= 11 is 0. The van der Waals surface area contributed by atoms with Gasteiger partial charge in [-0.1, -0.05) is 29.8 Å². The van der Waals surface area contributed by atoms with E-state index in [1.54, 1.807) is 4.90 Å². The Kier molecular flexibility index (Phi) is 4.96. The minimum Gasteiger partial charge on any atom is -0.396 e. The highest BCUT2D eigenvalue weighted by Crippen LogP contribution is 2.18. The lowest BCUT2D eigenvalue weighted by Gasteiger charge is -2.17. The number of carbonyl (C=O) groups excluding carboxylic acids is 2. The Labute approximate surface area is 125 Å². The maximum absolute atomic E-state index is 12.4. The molecule has 21 heavy (non-hydrogen) atoms. The van der Waals surface area contributed by atoms with Gasteiger partial charge in [-0.2, -0.15) is 0 Å². The molecule has 2 atom stereocenters. The van der Waals surface area contributed by atoms with Crippen molar-refractivity contribution in [2.75, 3.05) is 19.7 Å². The first-order valence-corrected chi connectivity index (χ1v) is 7.21. The normalized spacial score (nSPS) is 21.4. The minimum absolute atomic E-state index is 0.0286. The molecule has 2 rings (SSSR count). The number of carbonyl (C=O) groups is 2. The van der Waals surface area contributed by atoms with Crippen LogP contribution in [0.25, 0.3) is 0 Å². The molecule has 1 saturated heterocycles. The monoisotopic (exact) mass is 290 g/mol. The van der Waals surface area contributed by atoms with Crippen molar-refractivity contribution in [3.05, 3.63) is 35.4 Å². The third-order valence-corrected chi connectivity index (χ3v) is 3.85. The van der Waals surface area contributed by atoms with Crippen molar-refractivity contribution in [1.29, 1.82) is 0 Å². The number of nitrogens with zero attached hydrogens (tertiary/aromatic N) is 1. The maximum Gasteiger partial charge on any atom is 0.227 e. The summed E-state index contributed by atoms with van der Waals surface area (Å²) in [5.74, 6) is -0.186. The van der Waals surface area contributed by atoms with Crippen LogP contribution in [-0.2, 0) is 16.0 Å². The molecule has 5 nitrogen and oxygen atoms in total. The molecule has 5 heteroatoms. The number of hydrogen-bond donors (Lipinski definition) is 2. The zero-order valence-electron chi connectivity index (χ0n) is 12.5. The van der Waals surface area contributed by atoms with Gasteiger partial charge in [-0.3, -0.25) is 9.59 Å². The standard InChI is InChI=1S/C16H22N2O3/c1-11-4-3-5-13(6-11)7-16(21)18-8-14(10-19)15(9-18)17-12(2)20/h3-6,14-15,19H,7-10H2,1-2H3,(H,17,20)/t14-,15+/m0/s1. The molecule has 1 aliphatic rings. The zero-order chi connectivity index (χ0) is 15.4. The van der Waals surface area contributed by atoms with Crippen molar-refractivity contribution in [2.24, 2.45) is 5.92 Å². The van der Waals surface area contributed by atoms with Gasteiger partial charge < -0.3 is 15.3 Å². The van der Waals surface area contributed by atoms with Crippen LogP contribution in [0.15, 0.2) is 24.3 Å². The summed E-state index contributed by atoms with van der Waals surface area (Å²) in [5.41, 5.74) is 2.12. The van der Waals surface area contributed by atoms with E-state index >= 15 is 0 Å². The van der Waals surface area contributed by atoms with Crippen molar-refractivity contribution in [3.8, 4) is 0 Å². The molecule has 2 amide bonds. The maximum atomic E-state index is 12.4. The molecule has 1 fully saturated rings. The van der Waals surface area contributed by atoms with Gasteiger partial charge in [0.15, 0.2) is 0 Å². The summed E-state index contributed by atoms with van der Waals surface area (Å²) in [6.07, 6.45) is 0.354. The third kappa shape index (κ3) is 4.04. The molecule has 0 aliphatic carbocycles. The summed E-state index contributed by atoms with van der Waals surface area (Å²) in [4.78, 5) is 25.2. The zero-order valence-corrected chi connectivity index (χ0v) is 12.5. The lowest BCUT2D eigenvalue weighted by atomic mass is 10.1. The van der Waals surface area contributed by atoms with E-state index in [1.165, 1.54) is 6.92 Å². The Morgan fingerprint density at radius 1 is 1.38 bits per heavy atom. The van der Waals surface area contributed by atoms with Crippen molar-refractivity contribution in [1.82, 2.24) is 10.2 Å². The van der Waals surface area contributed by atoms with Gasteiger partial charge in [0, 0.05) is 32.5 Å². The molecular formula is C16H22N2O3. The van der Waals surface area contributed by atoms with E-state index in [2.05, 4.69) is 5.32 Å². The molecular weight excluding hydrogens is 268 g/mol. The lowest BCUT2D eigenvalue weighted by Crippen LogP contribution is -2.40. The van der Waals surface area contributed by atoms with E-state index in [9.17, 15) is 14.7 Å². The third-order valence-electron chi connectivity index (χ3n) is 3.85. The average Bonchev–Trinajstić information content (AvgIpc) is 2.81. The van der Waals surface area contributed by atoms with Gasteiger partial charge in [0.2, 0.25) is 11.8 Å². The number of rotatable bonds is 4. The van der Waals surface area contributed by atoms with E-state index in [1.807, 2.05) is 31.2 Å². The molecule has 1 aromatic carbocycles. The van der Waals surface area contributed by atoms with E-state index < -0.39 is 0 Å². The number of aliphatic hydroxyl groups excluding tert-OH is 1. The fourth-order valence-electron chi connectivity index (χ4n) is 2.79. The van der Waals surface area contributed by atoms with Crippen LogP contribution in [0, 0.1) is 12.8 Å². The number of aliphatic hydroxyl groups is 1. The Morgan fingerprint density at radius 3 is 2.76 bits per heavy atom. The summed E-state index contributed by atoms with van der Waals surface area (Å²) in [7, 11) is 0. The van der Waals surface area contributed by atoms with Gasteiger partial charge in [0.05, 0.1) is 12.5 Å². The van der Waals surface area contributed by atoms with Crippen LogP contribution in [0.4, 0.5) is 0 Å². The molecule has 0 bridgehead atoms. The molecule has 1 aromatic rings. The predicted molar refractivity (Wildman–Crippen MR) is 79.6 cm³/mol. The second-order valence-corrected chi connectivity index (χ2v) is 5.71. The summed E-state index contributed by atoms with van der Waals surface area (Å²) in [6.45, 7) is 4.38. The molecule has 114 valence electrons.